The van der Waals surface area contributed by atoms with Crippen molar-refractivity contribution in [3.05, 3.63) is 102 Å². The first-order chi connectivity index (χ1) is 16.7. The Bertz CT molecular complexity index is 1470. The van der Waals surface area contributed by atoms with E-state index in [2.05, 4.69) is 81.0 Å². The largest absolute Gasteiger partial charge is 0.507 e. The average molecular weight is 655 g/mol. The number of hydrogen-bond acceptors (Lipinski definition) is 3. The summed E-state index contributed by atoms with van der Waals surface area (Å²) in [5, 5.41) is 12.0. The maximum Gasteiger partial charge on any atom is 0.143 e. The van der Waals surface area contributed by atoms with Gasteiger partial charge >= 0.3 is 0 Å². The van der Waals surface area contributed by atoms with Gasteiger partial charge in [0.1, 0.15) is 11.6 Å². The molecule has 3 aromatic carbocycles. The number of hydrogen-bond donors (Lipinski definition) is 1. The monoisotopic (exact) mass is 655 g/mol. The first kappa shape index (κ1) is 27.3. The van der Waals surface area contributed by atoms with Crippen molar-refractivity contribution in [2.45, 2.75) is 40.5 Å². The fourth-order valence-electron chi connectivity index (χ4n) is 4.49. The van der Waals surface area contributed by atoms with Gasteiger partial charge in [-0.2, -0.15) is 0 Å². The van der Waals surface area contributed by atoms with Crippen LogP contribution in [-0.4, -0.2) is 19.6 Å². The quantitative estimate of drug-likeness (QED) is 0.205. The van der Waals surface area contributed by atoms with Crippen LogP contribution in [-0.2, 0) is 27.2 Å². The minimum absolute atomic E-state index is 0. The van der Waals surface area contributed by atoms with Crippen LogP contribution in [0.4, 0.5) is 0 Å². The zero-order valence-electron chi connectivity index (χ0n) is 21.6. The van der Waals surface area contributed by atoms with E-state index in [0.29, 0.717) is 5.92 Å². The van der Waals surface area contributed by atoms with Gasteiger partial charge in [0.2, 0.25) is 0 Å². The van der Waals surface area contributed by atoms with Gasteiger partial charge in [-0.25, -0.2) is 4.98 Å². The van der Waals surface area contributed by atoms with Gasteiger partial charge in [0.05, 0.1) is 5.56 Å². The van der Waals surface area contributed by atoms with Crippen LogP contribution >= 0.6 is 0 Å². The first-order valence-electron chi connectivity index (χ1n) is 11.9. The average Bonchev–Trinajstić information content (AvgIpc) is 3.24. The number of aromatic nitrogens is 3. The van der Waals surface area contributed by atoms with Crippen molar-refractivity contribution in [3.63, 3.8) is 0 Å². The predicted octanol–water partition coefficient (Wildman–Crippen LogP) is 7.54. The number of phenolic OH excluding ortho intramolecular Hbond substituents is 1. The van der Waals surface area contributed by atoms with Gasteiger partial charge in [0.25, 0.3) is 0 Å². The van der Waals surface area contributed by atoms with Crippen molar-refractivity contribution in [1.82, 2.24) is 14.5 Å². The molecule has 0 aliphatic heterocycles. The summed E-state index contributed by atoms with van der Waals surface area (Å²) in [4.78, 5) is 8.79. The molecule has 1 N–H and O–H groups in total. The molecule has 0 bridgehead atoms. The van der Waals surface area contributed by atoms with Crippen molar-refractivity contribution in [1.29, 1.82) is 0 Å². The maximum atomic E-state index is 9.55. The van der Waals surface area contributed by atoms with Crippen LogP contribution in [0.3, 0.4) is 0 Å². The molecular formula is C31H32IrN3O-. The number of pyridine rings is 1. The predicted molar refractivity (Wildman–Crippen MR) is 145 cm³/mol. The second kappa shape index (κ2) is 11.6. The van der Waals surface area contributed by atoms with Gasteiger partial charge in [-0.15, -0.1) is 34.9 Å². The van der Waals surface area contributed by atoms with Crippen LogP contribution in [0, 0.1) is 26.8 Å². The normalized spacial score (nSPS) is 10.6. The Morgan fingerprint density at radius 1 is 0.917 bits per heavy atom. The molecule has 5 rings (SSSR count). The van der Waals surface area contributed by atoms with E-state index >= 15 is 0 Å². The molecule has 0 atom stereocenters. The molecule has 0 saturated heterocycles. The maximum absolute atomic E-state index is 9.55. The minimum atomic E-state index is 0. The first-order valence-corrected chi connectivity index (χ1v) is 11.9. The number of phenols is 1. The van der Waals surface area contributed by atoms with Gasteiger partial charge in [0.15, 0.2) is 0 Å². The Balaban J connectivity index is 0.000000221. The molecule has 0 spiro atoms. The molecule has 0 aliphatic rings. The Labute approximate surface area is 227 Å². The third-order valence-corrected chi connectivity index (χ3v) is 6.14. The van der Waals surface area contributed by atoms with Crippen molar-refractivity contribution >= 4 is 10.8 Å². The second-order valence-corrected chi connectivity index (χ2v) is 9.38. The number of aromatic hydroxyl groups is 1. The fourth-order valence-corrected chi connectivity index (χ4v) is 4.49. The molecule has 5 heteroatoms. The SMILES string of the molecule is Cc1[c-]c(-c2nccc3cc(C(C)C)c(C)cc23)cc(C)c1.Cn1ccnc1-c1ccccc1O.[Ir]. The van der Waals surface area contributed by atoms with Crippen LogP contribution in [0.2, 0.25) is 0 Å². The fraction of sp³-hybridized carbons (Fsp3) is 0.226. The molecule has 4 nitrogen and oxygen atoms in total. The van der Waals surface area contributed by atoms with Gasteiger partial charge < -0.3 is 14.7 Å². The molecule has 2 aromatic heterocycles. The Morgan fingerprint density at radius 3 is 2.31 bits per heavy atom. The molecule has 5 aromatic rings. The smallest absolute Gasteiger partial charge is 0.143 e. The third kappa shape index (κ3) is 5.92. The number of imidazole rings is 1. The molecule has 1 radical (unpaired) electrons. The van der Waals surface area contributed by atoms with Gasteiger partial charge in [0, 0.05) is 45.7 Å². The molecule has 0 aliphatic carbocycles. The molecule has 0 saturated carbocycles. The molecule has 0 fully saturated rings. The number of para-hydroxylation sites is 1. The number of aryl methyl sites for hydroxylation is 4. The number of rotatable bonds is 3. The van der Waals surface area contributed by atoms with E-state index in [1.807, 2.05) is 36.1 Å². The van der Waals surface area contributed by atoms with Crippen LogP contribution in [0.15, 0.2) is 73.2 Å². The summed E-state index contributed by atoms with van der Waals surface area (Å²) in [6.07, 6.45) is 5.46. The number of fused-ring (bicyclic) bond motifs is 1. The summed E-state index contributed by atoms with van der Waals surface area (Å²) < 4.78 is 1.87. The Kier molecular flexibility index (Phi) is 8.84. The molecule has 187 valence electrons. The van der Waals surface area contributed by atoms with Crippen LogP contribution in [0.1, 0.15) is 42.0 Å². The summed E-state index contributed by atoms with van der Waals surface area (Å²) >= 11 is 0. The van der Waals surface area contributed by atoms with Crippen LogP contribution < -0.4 is 0 Å². The van der Waals surface area contributed by atoms with Crippen molar-refractivity contribution in [2.75, 3.05) is 0 Å². The summed E-state index contributed by atoms with van der Waals surface area (Å²) in [7, 11) is 1.90. The van der Waals surface area contributed by atoms with E-state index < -0.39 is 0 Å². The van der Waals surface area contributed by atoms with Crippen LogP contribution in [0.25, 0.3) is 33.4 Å². The van der Waals surface area contributed by atoms with Gasteiger partial charge in [-0.1, -0.05) is 52.0 Å². The second-order valence-electron chi connectivity index (χ2n) is 9.38. The molecule has 2 heterocycles. The number of nitrogens with zero attached hydrogens (tertiary/aromatic N) is 3. The molecule has 36 heavy (non-hydrogen) atoms. The Morgan fingerprint density at radius 2 is 1.67 bits per heavy atom. The molecule has 0 amide bonds. The van der Waals surface area contributed by atoms with Crippen molar-refractivity contribution in [3.8, 4) is 28.4 Å². The van der Waals surface area contributed by atoms with Gasteiger partial charge in [-0.05, 0) is 58.6 Å². The zero-order chi connectivity index (χ0) is 25.1. The summed E-state index contributed by atoms with van der Waals surface area (Å²) in [5.41, 5.74) is 8.03. The van der Waals surface area contributed by atoms with E-state index in [-0.39, 0.29) is 25.9 Å². The van der Waals surface area contributed by atoms with E-state index in [9.17, 15) is 5.11 Å². The van der Waals surface area contributed by atoms with Gasteiger partial charge in [-0.3, -0.25) is 0 Å². The standard InChI is InChI=1S/C21H22N.C10H10N2O.Ir/c1-13(2)19-12-17-6-7-22-21(20(17)11-16(19)5)18-9-14(3)8-15(4)10-18;1-12-7-6-11-10(12)8-4-2-3-5-9(8)13;/h6-9,11-13H,1-5H3;2-7,13H,1H3;/q-1;;. The molecule has 0 unspecified atom stereocenters. The summed E-state index contributed by atoms with van der Waals surface area (Å²) in [5.74, 6) is 1.57. The topological polar surface area (TPSA) is 50.9 Å². The van der Waals surface area contributed by atoms with Crippen molar-refractivity contribution < 1.29 is 25.2 Å². The van der Waals surface area contributed by atoms with Crippen LogP contribution in [0.5, 0.6) is 5.75 Å². The van der Waals surface area contributed by atoms with E-state index in [4.69, 9.17) is 0 Å². The minimum Gasteiger partial charge on any atom is -0.507 e. The molecular weight excluding hydrogens is 623 g/mol. The van der Waals surface area contributed by atoms with E-state index in [1.165, 1.54) is 27.5 Å². The number of benzene rings is 3. The zero-order valence-corrected chi connectivity index (χ0v) is 24.0. The third-order valence-electron chi connectivity index (χ3n) is 6.14. The van der Waals surface area contributed by atoms with Crippen molar-refractivity contribution in [2.24, 2.45) is 7.05 Å². The Hall–Kier alpha value is -3.27. The summed E-state index contributed by atoms with van der Waals surface area (Å²) in [6, 6.07) is 21.6. The summed E-state index contributed by atoms with van der Waals surface area (Å²) in [6.45, 7) is 10.9. The van der Waals surface area contributed by atoms with E-state index in [1.54, 1.807) is 18.3 Å². The van der Waals surface area contributed by atoms with E-state index in [0.717, 1.165) is 28.2 Å².